The molecule has 0 saturated carbocycles. The maximum atomic E-state index is 13.3. The van der Waals surface area contributed by atoms with Crippen molar-refractivity contribution in [3.05, 3.63) is 78.5 Å². The summed E-state index contributed by atoms with van der Waals surface area (Å²) in [6.07, 6.45) is 3.16. The summed E-state index contributed by atoms with van der Waals surface area (Å²) in [4.78, 5) is 26.0. The second-order valence-electron chi connectivity index (χ2n) is 8.24. The van der Waals surface area contributed by atoms with Crippen LogP contribution in [0.25, 0.3) is 16.7 Å². The molecule has 1 saturated heterocycles. The van der Waals surface area contributed by atoms with Gasteiger partial charge < -0.3 is 4.90 Å². The molecule has 0 aliphatic carbocycles. The van der Waals surface area contributed by atoms with Crippen LogP contribution < -0.4 is 0 Å². The van der Waals surface area contributed by atoms with E-state index in [-0.39, 0.29) is 11.7 Å². The second kappa shape index (κ2) is 9.90. The Morgan fingerprint density at radius 3 is 2.50 bits per heavy atom. The highest BCUT2D eigenvalue weighted by atomic mass is 32.2. The molecule has 0 spiro atoms. The van der Waals surface area contributed by atoms with E-state index in [2.05, 4.69) is 51.2 Å². The molecule has 34 heavy (non-hydrogen) atoms. The summed E-state index contributed by atoms with van der Waals surface area (Å²) in [5, 5.41) is 5.88. The van der Waals surface area contributed by atoms with Crippen molar-refractivity contribution in [1.82, 2.24) is 29.5 Å². The van der Waals surface area contributed by atoms with Gasteiger partial charge in [-0.2, -0.15) is 5.10 Å². The van der Waals surface area contributed by atoms with Crippen LogP contribution in [0.2, 0.25) is 0 Å². The van der Waals surface area contributed by atoms with Crippen LogP contribution in [0, 0.1) is 5.82 Å². The number of fused-ring (bicyclic) bond motifs is 1. The zero-order chi connectivity index (χ0) is 23.5. The van der Waals surface area contributed by atoms with E-state index in [0.717, 1.165) is 31.6 Å². The number of carbonyl (C=O) groups excluding carboxylic acids is 1. The minimum Gasteiger partial charge on any atom is -0.339 e. The highest BCUT2D eigenvalue weighted by Crippen LogP contribution is 2.27. The van der Waals surface area contributed by atoms with Crippen molar-refractivity contribution in [3.63, 3.8) is 0 Å². The number of piperazine rings is 1. The number of rotatable bonds is 6. The van der Waals surface area contributed by atoms with Gasteiger partial charge in [-0.25, -0.2) is 19.0 Å². The third-order valence-corrected chi connectivity index (χ3v) is 7.22. The van der Waals surface area contributed by atoms with Crippen molar-refractivity contribution in [3.8, 4) is 5.69 Å². The first-order valence-corrected chi connectivity index (χ1v) is 12.2. The van der Waals surface area contributed by atoms with Gasteiger partial charge in [0.25, 0.3) is 0 Å². The minimum absolute atomic E-state index is 0.106. The molecular formula is C25H25FN6OS. The lowest BCUT2D eigenvalue weighted by Crippen LogP contribution is -2.49. The van der Waals surface area contributed by atoms with Gasteiger partial charge in [-0.1, -0.05) is 42.1 Å². The number of hydrogen-bond acceptors (Lipinski definition) is 6. The van der Waals surface area contributed by atoms with Crippen LogP contribution in [0.5, 0.6) is 0 Å². The maximum absolute atomic E-state index is 13.3. The first-order chi connectivity index (χ1) is 16.6. The fourth-order valence-corrected chi connectivity index (χ4v) is 5.10. The van der Waals surface area contributed by atoms with Gasteiger partial charge >= 0.3 is 0 Å². The molecule has 0 bridgehead atoms. The molecule has 1 aliphatic rings. The topological polar surface area (TPSA) is 67.2 Å². The van der Waals surface area contributed by atoms with Crippen LogP contribution in [-0.4, -0.2) is 67.4 Å². The van der Waals surface area contributed by atoms with Gasteiger partial charge in [0.15, 0.2) is 5.65 Å². The zero-order valence-electron chi connectivity index (χ0n) is 18.8. The Morgan fingerprint density at radius 2 is 1.76 bits per heavy atom. The third kappa shape index (κ3) is 4.67. The molecule has 9 heteroatoms. The van der Waals surface area contributed by atoms with Crippen LogP contribution >= 0.6 is 11.8 Å². The minimum atomic E-state index is -0.306. The summed E-state index contributed by atoms with van der Waals surface area (Å²) in [7, 11) is 0. The molecule has 7 nitrogen and oxygen atoms in total. The lowest BCUT2D eigenvalue weighted by molar-refractivity contribution is -0.130. The van der Waals surface area contributed by atoms with Crippen LogP contribution in [-0.2, 0) is 4.79 Å². The van der Waals surface area contributed by atoms with Crippen molar-refractivity contribution in [1.29, 1.82) is 0 Å². The lowest BCUT2D eigenvalue weighted by Gasteiger charge is -2.38. The first kappa shape index (κ1) is 22.5. The summed E-state index contributed by atoms with van der Waals surface area (Å²) in [6.45, 7) is 5.37. The maximum Gasteiger partial charge on any atom is 0.233 e. The van der Waals surface area contributed by atoms with E-state index in [0.29, 0.717) is 28.2 Å². The van der Waals surface area contributed by atoms with Crippen molar-refractivity contribution < 1.29 is 9.18 Å². The highest BCUT2D eigenvalue weighted by Gasteiger charge is 2.25. The van der Waals surface area contributed by atoms with Gasteiger partial charge in [0.1, 0.15) is 17.2 Å². The zero-order valence-corrected chi connectivity index (χ0v) is 19.7. The third-order valence-electron chi connectivity index (χ3n) is 6.23. The molecule has 174 valence electrons. The van der Waals surface area contributed by atoms with Crippen molar-refractivity contribution in [2.75, 3.05) is 31.9 Å². The second-order valence-corrected chi connectivity index (χ2v) is 9.21. The van der Waals surface area contributed by atoms with Crippen molar-refractivity contribution in [2.24, 2.45) is 0 Å². The summed E-state index contributed by atoms with van der Waals surface area (Å²) >= 11 is 1.40. The van der Waals surface area contributed by atoms with Gasteiger partial charge in [0.2, 0.25) is 5.91 Å². The number of benzene rings is 2. The highest BCUT2D eigenvalue weighted by molar-refractivity contribution is 8.00. The van der Waals surface area contributed by atoms with Crippen molar-refractivity contribution in [2.45, 2.75) is 18.0 Å². The molecule has 0 radical (unpaired) electrons. The van der Waals surface area contributed by atoms with E-state index in [1.807, 2.05) is 11.0 Å². The Bertz CT molecular complexity index is 1270. The van der Waals surface area contributed by atoms with E-state index in [4.69, 9.17) is 0 Å². The summed E-state index contributed by atoms with van der Waals surface area (Å²) in [5.74, 6) is 0.108. The van der Waals surface area contributed by atoms with E-state index in [1.54, 1.807) is 23.0 Å². The summed E-state index contributed by atoms with van der Waals surface area (Å²) in [5.41, 5.74) is 2.64. The van der Waals surface area contributed by atoms with E-state index in [9.17, 15) is 9.18 Å². The molecule has 0 N–H and O–H groups in total. The van der Waals surface area contributed by atoms with E-state index < -0.39 is 0 Å². The van der Waals surface area contributed by atoms with Gasteiger partial charge in [-0.3, -0.25) is 9.69 Å². The van der Waals surface area contributed by atoms with E-state index in [1.165, 1.54) is 35.8 Å². The molecule has 2 aromatic carbocycles. The summed E-state index contributed by atoms with van der Waals surface area (Å²) in [6, 6.07) is 16.9. The van der Waals surface area contributed by atoms with Crippen LogP contribution in [0.4, 0.5) is 4.39 Å². The molecule has 1 amide bonds. The van der Waals surface area contributed by atoms with E-state index >= 15 is 0 Å². The van der Waals surface area contributed by atoms with Gasteiger partial charge in [-0.05, 0) is 36.8 Å². The van der Waals surface area contributed by atoms with Gasteiger partial charge in [0.05, 0.1) is 23.0 Å². The van der Waals surface area contributed by atoms with Crippen molar-refractivity contribution >= 4 is 28.7 Å². The van der Waals surface area contributed by atoms with Crippen LogP contribution in [0.1, 0.15) is 18.5 Å². The Hall–Kier alpha value is -3.30. The molecule has 5 rings (SSSR count). The summed E-state index contributed by atoms with van der Waals surface area (Å²) < 4.78 is 14.9. The monoisotopic (exact) mass is 476 g/mol. The quantitative estimate of drug-likeness (QED) is 0.310. The Balaban J connectivity index is 1.21. The predicted molar refractivity (Wildman–Crippen MR) is 130 cm³/mol. The molecule has 1 atom stereocenters. The fourth-order valence-electron chi connectivity index (χ4n) is 4.23. The largest absolute Gasteiger partial charge is 0.339 e. The molecule has 1 fully saturated rings. The molecule has 2 aromatic heterocycles. The smallest absolute Gasteiger partial charge is 0.233 e. The lowest BCUT2D eigenvalue weighted by atomic mass is 10.1. The normalized spacial score (nSPS) is 15.5. The molecule has 4 aromatic rings. The Morgan fingerprint density at radius 1 is 1.03 bits per heavy atom. The average molecular weight is 477 g/mol. The van der Waals surface area contributed by atoms with Crippen LogP contribution in [0.15, 0.2) is 72.1 Å². The Kier molecular flexibility index (Phi) is 6.55. The number of aromatic nitrogens is 4. The number of nitrogens with zero attached hydrogens (tertiary/aromatic N) is 6. The number of thioether (sulfide) groups is 1. The molecule has 3 heterocycles. The predicted octanol–water partition coefficient (Wildman–Crippen LogP) is 3.95. The molecule has 1 aliphatic heterocycles. The first-order valence-electron chi connectivity index (χ1n) is 11.2. The number of halogens is 1. The Labute approximate surface area is 201 Å². The molecule has 1 unspecified atom stereocenters. The van der Waals surface area contributed by atoms with Crippen LogP contribution in [0.3, 0.4) is 0 Å². The average Bonchev–Trinajstić information content (AvgIpc) is 3.33. The number of hydrogen-bond donors (Lipinski definition) is 0. The van der Waals surface area contributed by atoms with Gasteiger partial charge in [-0.15, -0.1) is 0 Å². The number of carbonyl (C=O) groups is 1. The van der Waals surface area contributed by atoms with Gasteiger partial charge in [0, 0.05) is 32.2 Å². The number of amides is 1. The standard InChI is InChI=1S/C25H25FN6OS/c1-18(19-5-3-2-4-6-19)30-11-13-31(14-12-30)23(33)16-34-25-22-15-29-32(24(22)27-17-28-25)21-9-7-20(26)8-10-21/h2-10,15,17-18H,11-14,16H2,1H3. The SMILES string of the molecule is CC(c1ccccc1)N1CCN(C(=O)CSc2ncnc3c2cnn3-c2ccc(F)cc2)CC1. The molecular weight excluding hydrogens is 451 g/mol. The fraction of sp³-hybridized carbons (Fsp3) is 0.280.